The van der Waals surface area contributed by atoms with Gasteiger partial charge in [-0.2, -0.15) is 0 Å². The van der Waals surface area contributed by atoms with Gasteiger partial charge in [0.05, 0.1) is 6.20 Å². The number of thiazole rings is 1. The Labute approximate surface area is 130 Å². The van der Waals surface area contributed by atoms with Gasteiger partial charge < -0.3 is 15.5 Å². The maximum Gasteiger partial charge on any atom is 0.265 e. The molecule has 0 bridgehead atoms. The number of anilines is 1. The summed E-state index contributed by atoms with van der Waals surface area (Å²) in [6.07, 6.45) is 7.88. The third-order valence-corrected chi connectivity index (χ3v) is 5.50. The Hall–Kier alpha value is -1.14. The minimum atomic E-state index is 0.0993. The zero-order chi connectivity index (χ0) is 14.7. The Morgan fingerprint density at radius 2 is 2.00 bits per heavy atom. The number of likely N-dealkylation sites (tertiary alicyclic amines) is 2. The quantitative estimate of drug-likeness (QED) is 0.925. The van der Waals surface area contributed by atoms with Gasteiger partial charge in [0.25, 0.3) is 5.91 Å². The summed E-state index contributed by atoms with van der Waals surface area (Å²) in [7, 11) is 0. The second-order valence-corrected chi connectivity index (χ2v) is 7.20. The van der Waals surface area contributed by atoms with Gasteiger partial charge in [0.1, 0.15) is 4.88 Å². The molecule has 3 heterocycles. The van der Waals surface area contributed by atoms with Crippen LogP contribution >= 0.6 is 11.3 Å². The van der Waals surface area contributed by atoms with Crippen LogP contribution in [0.1, 0.15) is 41.8 Å². The van der Waals surface area contributed by atoms with Gasteiger partial charge in [-0.25, -0.2) is 4.98 Å². The second-order valence-electron chi connectivity index (χ2n) is 6.14. The Morgan fingerprint density at radius 3 is 2.62 bits per heavy atom. The molecular weight excluding hydrogens is 284 g/mol. The molecule has 1 aromatic heterocycles. The molecular formula is C15H24N4OS. The maximum absolute atomic E-state index is 12.3. The zero-order valence-electron chi connectivity index (χ0n) is 12.5. The summed E-state index contributed by atoms with van der Waals surface area (Å²) in [6.45, 7) is 5.56. The van der Waals surface area contributed by atoms with Crippen LogP contribution in [0.3, 0.4) is 0 Å². The largest absolute Gasteiger partial charge is 0.375 e. The van der Waals surface area contributed by atoms with Crippen LogP contribution in [-0.2, 0) is 0 Å². The molecule has 2 fully saturated rings. The van der Waals surface area contributed by atoms with Gasteiger partial charge in [-0.3, -0.25) is 4.79 Å². The van der Waals surface area contributed by atoms with Crippen molar-refractivity contribution in [1.82, 2.24) is 14.8 Å². The fourth-order valence-electron chi connectivity index (χ4n) is 3.34. The first kappa shape index (κ1) is 14.8. The maximum atomic E-state index is 12.3. The van der Waals surface area contributed by atoms with E-state index < -0.39 is 0 Å². The topological polar surface area (TPSA) is 62.5 Å². The number of hydrogen-bond acceptors (Lipinski definition) is 5. The fraction of sp³-hybridized carbons (Fsp3) is 0.733. The van der Waals surface area contributed by atoms with Gasteiger partial charge in [0.15, 0.2) is 5.13 Å². The van der Waals surface area contributed by atoms with E-state index in [9.17, 15) is 4.79 Å². The zero-order valence-corrected chi connectivity index (χ0v) is 13.3. The van der Waals surface area contributed by atoms with Crippen LogP contribution in [0.15, 0.2) is 6.20 Å². The first-order chi connectivity index (χ1) is 10.2. The van der Waals surface area contributed by atoms with E-state index in [0.29, 0.717) is 10.0 Å². The van der Waals surface area contributed by atoms with Gasteiger partial charge >= 0.3 is 0 Å². The standard InChI is InChI=1S/C15H24N4OS/c16-15-17-11-13(21-15)14(20)19-9-4-12(5-10-19)3-8-18-6-1-2-7-18/h11-12H,1-10H2,(H2,16,17). The summed E-state index contributed by atoms with van der Waals surface area (Å²) in [5, 5.41) is 0.471. The van der Waals surface area contributed by atoms with Gasteiger partial charge in [-0.1, -0.05) is 11.3 Å². The Balaban J connectivity index is 1.43. The monoisotopic (exact) mass is 308 g/mol. The molecule has 2 N–H and O–H groups in total. The molecule has 1 aromatic rings. The molecule has 6 heteroatoms. The van der Waals surface area contributed by atoms with Crippen molar-refractivity contribution in [3.8, 4) is 0 Å². The van der Waals surface area contributed by atoms with E-state index in [1.54, 1.807) is 6.20 Å². The van der Waals surface area contributed by atoms with Crippen LogP contribution in [0, 0.1) is 5.92 Å². The van der Waals surface area contributed by atoms with Crippen molar-refractivity contribution in [2.45, 2.75) is 32.1 Å². The molecule has 3 rings (SSSR count). The first-order valence-electron chi connectivity index (χ1n) is 7.95. The van der Waals surface area contributed by atoms with Gasteiger partial charge in [0.2, 0.25) is 0 Å². The molecule has 2 aliphatic rings. The van der Waals surface area contributed by atoms with Crippen molar-refractivity contribution in [1.29, 1.82) is 0 Å². The van der Waals surface area contributed by atoms with Crippen molar-refractivity contribution >= 4 is 22.4 Å². The lowest BCUT2D eigenvalue weighted by atomic mass is 9.93. The summed E-state index contributed by atoms with van der Waals surface area (Å²) in [5.41, 5.74) is 5.60. The summed E-state index contributed by atoms with van der Waals surface area (Å²) in [4.78, 5) is 21.5. The van der Waals surface area contributed by atoms with Crippen molar-refractivity contribution < 1.29 is 4.79 Å². The lowest BCUT2D eigenvalue weighted by Crippen LogP contribution is -2.38. The normalized spacial score (nSPS) is 21.0. The number of carbonyl (C=O) groups is 1. The number of piperidine rings is 1. The Kier molecular flexibility index (Phi) is 4.75. The van der Waals surface area contributed by atoms with Gasteiger partial charge in [0, 0.05) is 13.1 Å². The van der Waals surface area contributed by atoms with Crippen LogP contribution in [0.4, 0.5) is 5.13 Å². The number of rotatable bonds is 4. The van der Waals surface area contributed by atoms with Gasteiger partial charge in [-0.05, 0) is 57.7 Å². The molecule has 5 nitrogen and oxygen atoms in total. The van der Waals surface area contributed by atoms with E-state index in [4.69, 9.17) is 5.73 Å². The molecule has 0 spiro atoms. The smallest absolute Gasteiger partial charge is 0.265 e. The number of nitrogen functional groups attached to an aromatic ring is 1. The summed E-state index contributed by atoms with van der Waals surface area (Å²) < 4.78 is 0. The third-order valence-electron chi connectivity index (χ3n) is 4.69. The van der Waals surface area contributed by atoms with Crippen LogP contribution in [-0.4, -0.2) is 53.4 Å². The Bertz CT molecular complexity index is 476. The first-order valence-corrected chi connectivity index (χ1v) is 8.77. The number of hydrogen-bond donors (Lipinski definition) is 1. The molecule has 2 aliphatic heterocycles. The Morgan fingerprint density at radius 1 is 1.29 bits per heavy atom. The highest BCUT2D eigenvalue weighted by Crippen LogP contribution is 2.24. The summed E-state index contributed by atoms with van der Waals surface area (Å²) in [5.74, 6) is 0.878. The molecule has 2 saturated heterocycles. The highest BCUT2D eigenvalue weighted by Gasteiger charge is 2.25. The third kappa shape index (κ3) is 3.74. The summed E-state index contributed by atoms with van der Waals surface area (Å²) in [6, 6.07) is 0. The van der Waals surface area contributed by atoms with E-state index in [1.807, 2.05) is 4.90 Å². The molecule has 0 unspecified atom stereocenters. The van der Waals surface area contributed by atoms with E-state index in [1.165, 1.54) is 50.2 Å². The fourth-order valence-corrected chi connectivity index (χ4v) is 3.99. The van der Waals surface area contributed by atoms with Gasteiger partial charge in [-0.15, -0.1) is 0 Å². The number of nitrogens with zero attached hydrogens (tertiary/aromatic N) is 3. The summed E-state index contributed by atoms with van der Waals surface area (Å²) >= 11 is 1.29. The predicted molar refractivity (Wildman–Crippen MR) is 85.4 cm³/mol. The number of aromatic nitrogens is 1. The molecule has 0 radical (unpaired) electrons. The van der Waals surface area contributed by atoms with Crippen LogP contribution in [0.5, 0.6) is 0 Å². The highest BCUT2D eigenvalue weighted by molar-refractivity contribution is 7.17. The van der Waals surface area contributed by atoms with Crippen molar-refractivity contribution in [2.75, 3.05) is 38.5 Å². The molecule has 1 amide bonds. The molecule has 0 atom stereocenters. The van der Waals surface area contributed by atoms with Crippen molar-refractivity contribution in [3.05, 3.63) is 11.1 Å². The average Bonchev–Trinajstić information content (AvgIpc) is 3.16. The van der Waals surface area contributed by atoms with E-state index in [0.717, 1.165) is 31.8 Å². The van der Waals surface area contributed by atoms with E-state index in [-0.39, 0.29) is 5.91 Å². The molecule has 21 heavy (non-hydrogen) atoms. The van der Waals surface area contributed by atoms with Crippen LogP contribution in [0.2, 0.25) is 0 Å². The molecule has 0 saturated carbocycles. The van der Waals surface area contributed by atoms with E-state index >= 15 is 0 Å². The SMILES string of the molecule is Nc1ncc(C(=O)N2CCC(CCN3CCCC3)CC2)s1. The minimum Gasteiger partial charge on any atom is -0.375 e. The number of carbonyl (C=O) groups excluding carboxylic acids is 1. The average molecular weight is 308 g/mol. The lowest BCUT2D eigenvalue weighted by molar-refractivity contribution is 0.0687. The predicted octanol–water partition coefficient (Wildman–Crippen LogP) is 2.06. The minimum absolute atomic E-state index is 0.0993. The second kappa shape index (κ2) is 6.75. The highest BCUT2D eigenvalue weighted by atomic mass is 32.1. The molecule has 116 valence electrons. The van der Waals surface area contributed by atoms with Crippen LogP contribution < -0.4 is 5.73 Å². The number of nitrogens with two attached hydrogens (primary N) is 1. The number of amides is 1. The molecule has 0 aliphatic carbocycles. The van der Waals surface area contributed by atoms with Crippen molar-refractivity contribution in [2.24, 2.45) is 5.92 Å². The van der Waals surface area contributed by atoms with Crippen LogP contribution in [0.25, 0.3) is 0 Å². The van der Waals surface area contributed by atoms with Crippen molar-refractivity contribution in [3.63, 3.8) is 0 Å². The molecule has 0 aromatic carbocycles. The van der Waals surface area contributed by atoms with E-state index in [2.05, 4.69) is 9.88 Å². The lowest BCUT2D eigenvalue weighted by Gasteiger charge is -2.32.